The molecular formula is C15H24N2O. The van der Waals surface area contributed by atoms with Crippen LogP contribution in [-0.4, -0.2) is 17.1 Å². The van der Waals surface area contributed by atoms with Crippen molar-refractivity contribution in [2.75, 3.05) is 0 Å². The Morgan fingerprint density at radius 3 is 2.72 bits per heavy atom. The molecule has 0 saturated heterocycles. The topological polar surface area (TPSA) is 34.1 Å². The van der Waals surface area contributed by atoms with Gasteiger partial charge in [-0.1, -0.05) is 13.8 Å². The smallest absolute Gasteiger partial charge is 0.142 e. The molecule has 1 aliphatic rings. The van der Waals surface area contributed by atoms with Crippen LogP contribution in [0.25, 0.3) is 0 Å². The lowest BCUT2D eigenvalue weighted by Gasteiger charge is -2.17. The van der Waals surface area contributed by atoms with E-state index in [1.54, 1.807) is 0 Å². The molecule has 1 aromatic heterocycles. The number of hydrogen-bond acceptors (Lipinski definition) is 3. The molecule has 3 nitrogen and oxygen atoms in total. The summed E-state index contributed by atoms with van der Waals surface area (Å²) in [5.74, 6) is 0.959. The SMILES string of the molecule is Cc1ccc(OC2CCCC2)c(CNC(C)C)n1. The zero-order chi connectivity index (χ0) is 13.0. The highest BCUT2D eigenvalue weighted by molar-refractivity contribution is 5.29. The highest BCUT2D eigenvalue weighted by atomic mass is 16.5. The molecule has 18 heavy (non-hydrogen) atoms. The third-order valence-corrected chi connectivity index (χ3v) is 3.35. The van der Waals surface area contributed by atoms with Crippen molar-refractivity contribution in [3.05, 3.63) is 23.5 Å². The molecule has 1 N–H and O–H groups in total. The number of ether oxygens (including phenoxy) is 1. The number of hydrogen-bond donors (Lipinski definition) is 1. The van der Waals surface area contributed by atoms with Crippen LogP contribution in [-0.2, 0) is 6.54 Å². The van der Waals surface area contributed by atoms with Gasteiger partial charge in [-0.05, 0) is 44.7 Å². The molecular weight excluding hydrogens is 224 g/mol. The van der Waals surface area contributed by atoms with E-state index >= 15 is 0 Å². The third-order valence-electron chi connectivity index (χ3n) is 3.35. The van der Waals surface area contributed by atoms with Gasteiger partial charge in [0.25, 0.3) is 0 Å². The van der Waals surface area contributed by atoms with Crippen LogP contribution in [0.5, 0.6) is 5.75 Å². The highest BCUT2D eigenvalue weighted by Crippen LogP contribution is 2.26. The molecule has 0 amide bonds. The molecule has 1 aromatic rings. The van der Waals surface area contributed by atoms with E-state index in [9.17, 15) is 0 Å². The minimum Gasteiger partial charge on any atom is -0.488 e. The molecule has 0 atom stereocenters. The van der Waals surface area contributed by atoms with E-state index in [0.717, 1.165) is 23.7 Å². The van der Waals surface area contributed by atoms with Crippen LogP contribution in [0.15, 0.2) is 12.1 Å². The van der Waals surface area contributed by atoms with E-state index in [1.165, 1.54) is 25.7 Å². The van der Waals surface area contributed by atoms with Crippen molar-refractivity contribution < 1.29 is 4.74 Å². The number of aryl methyl sites for hydroxylation is 1. The summed E-state index contributed by atoms with van der Waals surface area (Å²) in [5.41, 5.74) is 2.09. The number of rotatable bonds is 5. The van der Waals surface area contributed by atoms with Crippen molar-refractivity contribution in [3.8, 4) is 5.75 Å². The van der Waals surface area contributed by atoms with E-state index in [1.807, 2.05) is 13.0 Å². The molecule has 2 rings (SSSR count). The van der Waals surface area contributed by atoms with E-state index < -0.39 is 0 Å². The first-order valence-corrected chi connectivity index (χ1v) is 7.01. The molecule has 0 aliphatic heterocycles. The number of aromatic nitrogens is 1. The second-order valence-corrected chi connectivity index (χ2v) is 5.46. The summed E-state index contributed by atoms with van der Waals surface area (Å²) in [6, 6.07) is 4.56. The van der Waals surface area contributed by atoms with Gasteiger partial charge in [-0.25, -0.2) is 0 Å². The van der Waals surface area contributed by atoms with E-state index in [4.69, 9.17) is 4.74 Å². The summed E-state index contributed by atoms with van der Waals surface area (Å²) >= 11 is 0. The molecule has 1 saturated carbocycles. The highest BCUT2D eigenvalue weighted by Gasteiger charge is 2.18. The molecule has 0 spiro atoms. The lowest BCUT2D eigenvalue weighted by atomic mass is 10.2. The zero-order valence-electron chi connectivity index (χ0n) is 11.7. The van der Waals surface area contributed by atoms with Gasteiger partial charge in [-0.15, -0.1) is 0 Å². The van der Waals surface area contributed by atoms with Gasteiger partial charge in [0.05, 0.1) is 11.8 Å². The lowest BCUT2D eigenvalue weighted by molar-refractivity contribution is 0.206. The van der Waals surface area contributed by atoms with Crippen LogP contribution in [0, 0.1) is 6.92 Å². The Hall–Kier alpha value is -1.09. The van der Waals surface area contributed by atoms with Crippen molar-refractivity contribution >= 4 is 0 Å². The molecule has 100 valence electrons. The summed E-state index contributed by atoms with van der Waals surface area (Å²) in [4.78, 5) is 4.60. The van der Waals surface area contributed by atoms with Gasteiger partial charge < -0.3 is 10.1 Å². The maximum absolute atomic E-state index is 6.09. The predicted octanol–water partition coefficient (Wildman–Crippen LogP) is 3.21. The average molecular weight is 248 g/mol. The first-order chi connectivity index (χ1) is 8.65. The first kappa shape index (κ1) is 13.3. The Bertz CT molecular complexity index is 384. The van der Waals surface area contributed by atoms with E-state index in [-0.39, 0.29) is 0 Å². The summed E-state index contributed by atoms with van der Waals surface area (Å²) in [6.07, 6.45) is 5.36. The van der Waals surface area contributed by atoms with Gasteiger partial charge in [0.15, 0.2) is 0 Å². The molecule has 1 heterocycles. The second-order valence-electron chi connectivity index (χ2n) is 5.46. The standard InChI is InChI=1S/C15H24N2O/c1-11(2)16-10-14-15(9-8-12(3)17-14)18-13-6-4-5-7-13/h8-9,11,13,16H,4-7,10H2,1-3H3. The maximum Gasteiger partial charge on any atom is 0.142 e. The van der Waals surface area contributed by atoms with Gasteiger partial charge in [0.1, 0.15) is 5.75 Å². The molecule has 3 heteroatoms. The van der Waals surface area contributed by atoms with Gasteiger partial charge in [0, 0.05) is 18.3 Å². The summed E-state index contributed by atoms with van der Waals surface area (Å²) in [7, 11) is 0. The summed E-state index contributed by atoms with van der Waals surface area (Å²) in [6.45, 7) is 7.10. The zero-order valence-corrected chi connectivity index (χ0v) is 11.7. The monoisotopic (exact) mass is 248 g/mol. The fourth-order valence-corrected chi connectivity index (χ4v) is 2.32. The Balaban J connectivity index is 2.06. The maximum atomic E-state index is 6.09. The molecule has 1 fully saturated rings. The summed E-state index contributed by atoms with van der Waals surface area (Å²) < 4.78 is 6.09. The number of nitrogens with zero attached hydrogens (tertiary/aromatic N) is 1. The van der Waals surface area contributed by atoms with Crippen molar-refractivity contribution in [1.82, 2.24) is 10.3 Å². The normalized spacial score (nSPS) is 16.4. The van der Waals surface area contributed by atoms with E-state index in [2.05, 4.69) is 30.2 Å². The first-order valence-electron chi connectivity index (χ1n) is 7.01. The summed E-state index contributed by atoms with van der Waals surface area (Å²) in [5, 5.41) is 3.41. The van der Waals surface area contributed by atoms with Crippen LogP contribution in [0.4, 0.5) is 0 Å². The van der Waals surface area contributed by atoms with E-state index in [0.29, 0.717) is 12.1 Å². The van der Waals surface area contributed by atoms with Crippen molar-refractivity contribution in [2.24, 2.45) is 0 Å². The predicted molar refractivity (Wildman–Crippen MR) is 73.8 cm³/mol. The number of nitrogens with one attached hydrogen (secondary N) is 1. The van der Waals surface area contributed by atoms with Gasteiger partial charge in [0.2, 0.25) is 0 Å². The van der Waals surface area contributed by atoms with Crippen molar-refractivity contribution in [1.29, 1.82) is 0 Å². The Morgan fingerprint density at radius 2 is 2.06 bits per heavy atom. The fraction of sp³-hybridized carbons (Fsp3) is 0.667. The molecule has 1 aliphatic carbocycles. The van der Waals surface area contributed by atoms with Crippen LogP contribution >= 0.6 is 0 Å². The largest absolute Gasteiger partial charge is 0.488 e. The van der Waals surface area contributed by atoms with Crippen LogP contribution in [0.3, 0.4) is 0 Å². The number of pyridine rings is 1. The van der Waals surface area contributed by atoms with Crippen molar-refractivity contribution in [3.63, 3.8) is 0 Å². The molecule has 0 unspecified atom stereocenters. The fourth-order valence-electron chi connectivity index (χ4n) is 2.32. The Morgan fingerprint density at radius 1 is 1.33 bits per heavy atom. The Kier molecular flexibility index (Phi) is 4.59. The van der Waals surface area contributed by atoms with Crippen LogP contribution < -0.4 is 10.1 Å². The van der Waals surface area contributed by atoms with Gasteiger partial charge >= 0.3 is 0 Å². The molecule has 0 radical (unpaired) electrons. The quantitative estimate of drug-likeness (QED) is 0.869. The van der Waals surface area contributed by atoms with Crippen LogP contribution in [0.1, 0.15) is 50.9 Å². The average Bonchev–Trinajstić information content (AvgIpc) is 2.82. The minimum atomic E-state index is 0.396. The van der Waals surface area contributed by atoms with Gasteiger partial charge in [-0.2, -0.15) is 0 Å². The third kappa shape index (κ3) is 3.70. The minimum absolute atomic E-state index is 0.396. The van der Waals surface area contributed by atoms with Crippen LogP contribution in [0.2, 0.25) is 0 Å². The van der Waals surface area contributed by atoms with Crippen molar-refractivity contribution in [2.45, 2.75) is 65.1 Å². The molecule has 0 aromatic carbocycles. The lowest BCUT2D eigenvalue weighted by Crippen LogP contribution is -2.23. The second kappa shape index (κ2) is 6.19. The Labute approximate surface area is 110 Å². The molecule has 0 bridgehead atoms. The van der Waals surface area contributed by atoms with Gasteiger partial charge in [-0.3, -0.25) is 4.98 Å².